The number of aromatic nitrogens is 2. The average Bonchev–Trinajstić information content (AvgIpc) is 3.30. The smallest absolute Gasteiger partial charge is 0.406 e. The minimum absolute atomic E-state index is 0.0177. The molecule has 1 atom stereocenters. The minimum Gasteiger partial charge on any atom is -0.406 e. The molecule has 0 aliphatic carbocycles. The molecule has 39 heavy (non-hydrogen) atoms. The summed E-state index contributed by atoms with van der Waals surface area (Å²) < 4.78 is 110. The van der Waals surface area contributed by atoms with Crippen molar-refractivity contribution >= 4 is 22.8 Å². The van der Waals surface area contributed by atoms with Crippen LogP contribution >= 0.6 is 0 Å². The molecule has 0 spiro atoms. The summed E-state index contributed by atoms with van der Waals surface area (Å²) in [5.74, 6) is -4.39. The Morgan fingerprint density at radius 3 is 2.28 bits per heavy atom. The third kappa shape index (κ3) is 6.66. The number of nitrogens with zero attached hydrogens (tertiary/aromatic N) is 4. The quantitative estimate of drug-likeness (QED) is 0.340. The lowest BCUT2D eigenvalue weighted by molar-refractivity contribution is -0.274. The van der Waals surface area contributed by atoms with E-state index in [4.69, 9.17) is 0 Å². The number of alkyl halides is 6. The highest BCUT2D eigenvalue weighted by molar-refractivity contribution is 5.84. The molecule has 14 heteroatoms. The van der Waals surface area contributed by atoms with Crippen LogP contribution in [-0.4, -0.2) is 59.0 Å². The highest BCUT2D eigenvalue weighted by atomic mass is 19.4. The van der Waals surface area contributed by atoms with Gasteiger partial charge in [-0.25, -0.2) is 18.7 Å². The lowest BCUT2D eigenvalue weighted by Gasteiger charge is -2.31. The molecule has 2 aromatic carbocycles. The summed E-state index contributed by atoms with van der Waals surface area (Å²) >= 11 is 0. The van der Waals surface area contributed by atoms with E-state index in [0.717, 1.165) is 29.2 Å². The summed E-state index contributed by atoms with van der Waals surface area (Å²) in [6.07, 6.45) is -9.50. The lowest BCUT2D eigenvalue weighted by Crippen LogP contribution is -2.48. The number of anilines is 1. The first-order chi connectivity index (χ1) is 18.1. The molecule has 3 aromatic rings. The van der Waals surface area contributed by atoms with E-state index in [1.165, 1.54) is 30.9 Å². The van der Waals surface area contributed by atoms with E-state index >= 15 is 0 Å². The topological polar surface area (TPSA) is 58.6 Å². The van der Waals surface area contributed by atoms with Crippen LogP contribution in [0.3, 0.4) is 0 Å². The fraction of sp³-hybridized carbons (Fsp3) is 0.400. The summed E-state index contributed by atoms with van der Waals surface area (Å²) in [6.45, 7) is 1.51. The molecular formula is C25H22F8N4O2. The normalized spacial score (nSPS) is 16.3. The number of ether oxygens (including phenoxy) is 1. The molecule has 0 bridgehead atoms. The Bertz CT molecular complexity index is 1380. The second kappa shape index (κ2) is 10.5. The van der Waals surface area contributed by atoms with Gasteiger partial charge in [0, 0.05) is 36.7 Å². The number of halogens is 8. The first-order valence-electron chi connectivity index (χ1n) is 11.8. The molecule has 0 unspecified atom stereocenters. The van der Waals surface area contributed by atoms with Gasteiger partial charge in [-0.2, -0.15) is 13.2 Å². The van der Waals surface area contributed by atoms with Crippen molar-refractivity contribution in [2.24, 2.45) is 5.92 Å². The van der Waals surface area contributed by atoms with Crippen molar-refractivity contribution in [2.45, 2.75) is 38.8 Å². The molecule has 1 aromatic heterocycles. The fourth-order valence-corrected chi connectivity index (χ4v) is 4.40. The van der Waals surface area contributed by atoms with Gasteiger partial charge in [0.15, 0.2) is 17.5 Å². The van der Waals surface area contributed by atoms with Gasteiger partial charge in [0.1, 0.15) is 18.0 Å². The Balaban J connectivity index is 1.78. The summed E-state index contributed by atoms with van der Waals surface area (Å²) in [7, 11) is 0. The summed E-state index contributed by atoms with van der Waals surface area (Å²) in [5.41, 5.74) is -0.123. The van der Waals surface area contributed by atoms with E-state index in [2.05, 4.69) is 14.7 Å². The Labute approximate surface area is 217 Å². The van der Waals surface area contributed by atoms with E-state index in [1.807, 2.05) is 0 Å². The van der Waals surface area contributed by atoms with E-state index in [1.54, 1.807) is 0 Å². The zero-order chi connectivity index (χ0) is 28.7. The van der Waals surface area contributed by atoms with Gasteiger partial charge in [0.05, 0.1) is 17.1 Å². The van der Waals surface area contributed by atoms with Crippen LogP contribution in [0.1, 0.15) is 20.3 Å². The molecule has 210 valence electrons. The molecule has 1 amide bonds. The fourth-order valence-electron chi connectivity index (χ4n) is 4.40. The van der Waals surface area contributed by atoms with E-state index in [0.29, 0.717) is 0 Å². The highest BCUT2D eigenvalue weighted by Gasteiger charge is 2.40. The molecule has 0 radical (unpaired) electrons. The molecule has 4 rings (SSSR count). The molecule has 0 saturated carbocycles. The van der Waals surface area contributed by atoms with Gasteiger partial charge >= 0.3 is 12.5 Å². The van der Waals surface area contributed by atoms with Crippen LogP contribution in [0.4, 0.5) is 40.9 Å². The molecule has 1 saturated heterocycles. The maximum atomic E-state index is 14.0. The summed E-state index contributed by atoms with van der Waals surface area (Å²) in [6, 6.07) is 5.44. The number of carbonyl (C=O) groups excluding carboxylic acids is 1. The molecule has 1 aliphatic rings. The van der Waals surface area contributed by atoms with Crippen LogP contribution in [0.2, 0.25) is 0 Å². The number of hydrogen-bond acceptors (Lipinski definition) is 5. The van der Waals surface area contributed by atoms with Gasteiger partial charge in [-0.05, 0) is 18.6 Å². The molecule has 0 N–H and O–H groups in total. The van der Waals surface area contributed by atoms with Crippen molar-refractivity contribution < 1.29 is 44.7 Å². The maximum Gasteiger partial charge on any atom is 0.573 e. The van der Waals surface area contributed by atoms with E-state index in [-0.39, 0.29) is 47.6 Å². The number of rotatable bonds is 6. The number of amides is 1. The van der Waals surface area contributed by atoms with Crippen molar-refractivity contribution in [3.8, 4) is 17.0 Å². The summed E-state index contributed by atoms with van der Waals surface area (Å²) in [5, 5.41) is 0. The molecule has 2 heterocycles. The Kier molecular flexibility index (Phi) is 7.59. The SMILES string of the molecule is CC(C)C(=O)N(CC(F)(F)F)[C@H]1CCN(c2nc3cc(F)c(F)cc3nc2-c2cccc(OC(F)(F)F)c2)C1. The van der Waals surface area contributed by atoms with Gasteiger partial charge in [0.2, 0.25) is 5.91 Å². The predicted octanol–water partition coefficient (Wildman–Crippen LogP) is 6.10. The third-order valence-electron chi connectivity index (χ3n) is 6.06. The van der Waals surface area contributed by atoms with Crippen molar-refractivity contribution in [2.75, 3.05) is 24.5 Å². The molecule has 1 fully saturated rings. The van der Waals surface area contributed by atoms with Crippen LogP contribution in [0, 0.1) is 17.6 Å². The number of hydrogen-bond donors (Lipinski definition) is 0. The van der Waals surface area contributed by atoms with Crippen LogP contribution in [-0.2, 0) is 4.79 Å². The Morgan fingerprint density at radius 1 is 1.05 bits per heavy atom. The van der Waals surface area contributed by atoms with Crippen LogP contribution in [0.15, 0.2) is 36.4 Å². The zero-order valence-electron chi connectivity index (χ0n) is 20.6. The van der Waals surface area contributed by atoms with Gasteiger partial charge in [-0.1, -0.05) is 26.0 Å². The van der Waals surface area contributed by atoms with Crippen LogP contribution in [0.5, 0.6) is 5.75 Å². The Morgan fingerprint density at radius 2 is 1.69 bits per heavy atom. The van der Waals surface area contributed by atoms with E-state index < -0.39 is 54.3 Å². The first-order valence-corrected chi connectivity index (χ1v) is 11.8. The summed E-state index contributed by atoms with van der Waals surface area (Å²) in [4.78, 5) is 23.6. The monoisotopic (exact) mass is 562 g/mol. The molecule has 1 aliphatic heterocycles. The predicted molar refractivity (Wildman–Crippen MR) is 125 cm³/mol. The van der Waals surface area contributed by atoms with Crippen molar-refractivity contribution in [1.29, 1.82) is 0 Å². The largest absolute Gasteiger partial charge is 0.573 e. The highest BCUT2D eigenvalue weighted by Crippen LogP contribution is 2.36. The standard InChI is InChI=1S/C25H22F8N4O2/c1-13(2)23(38)37(12-24(28,29)30)15-6-7-36(11-15)22-21(14-4-3-5-16(8-14)39-25(31,32)33)34-19-9-17(26)18(27)10-20(19)35-22/h3-5,8-10,13,15H,6-7,11-12H2,1-2H3/t15-/m0/s1. The molecular weight excluding hydrogens is 540 g/mol. The minimum atomic E-state index is -4.98. The maximum absolute atomic E-state index is 14.0. The second-order valence-corrected chi connectivity index (χ2v) is 9.35. The second-order valence-electron chi connectivity index (χ2n) is 9.35. The van der Waals surface area contributed by atoms with Gasteiger partial charge in [0.25, 0.3) is 0 Å². The number of carbonyl (C=O) groups is 1. The zero-order valence-corrected chi connectivity index (χ0v) is 20.6. The van der Waals surface area contributed by atoms with Crippen molar-refractivity contribution in [3.63, 3.8) is 0 Å². The molecule has 6 nitrogen and oxygen atoms in total. The average molecular weight is 562 g/mol. The third-order valence-corrected chi connectivity index (χ3v) is 6.06. The van der Waals surface area contributed by atoms with Gasteiger partial charge in [-0.15, -0.1) is 13.2 Å². The van der Waals surface area contributed by atoms with Gasteiger partial charge < -0.3 is 14.5 Å². The van der Waals surface area contributed by atoms with Gasteiger partial charge in [-0.3, -0.25) is 4.79 Å². The van der Waals surface area contributed by atoms with Crippen molar-refractivity contribution in [3.05, 3.63) is 48.0 Å². The van der Waals surface area contributed by atoms with Crippen molar-refractivity contribution in [1.82, 2.24) is 14.9 Å². The van der Waals surface area contributed by atoms with Crippen LogP contribution in [0.25, 0.3) is 22.3 Å². The first kappa shape index (κ1) is 28.3. The lowest BCUT2D eigenvalue weighted by atomic mass is 10.1. The van der Waals surface area contributed by atoms with E-state index in [9.17, 15) is 39.9 Å². The van der Waals surface area contributed by atoms with Crippen LogP contribution < -0.4 is 9.64 Å². The number of benzene rings is 2. The Hall–Kier alpha value is -3.71. The number of fused-ring (bicyclic) bond motifs is 1.